The molecule has 0 radical (unpaired) electrons. The molecule has 6 heteroatoms. The number of rotatable bonds is 8. The molecule has 0 unspecified atom stereocenters. The number of hydrogen-bond acceptors (Lipinski definition) is 6. The van der Waals surface area contributed by atoms with E-state index in [9.17, 15) is 4.79 Å². The number of aromatic nitrogens is 2. The summed E-state index contributed by atoms with van der Waals surface area (Å²) in [5.74, 6) is 0.749. The Morgan fingerprint density at radius 1 is 1.30 bits per heavy atom. The van der Waals surface area contributed by atoms with E-state index < -0.39 is 0 Å². The molecule has 0 saturated carbocycles. The average molecular weight is 281 g/mol. The van der Waals surface area contributed by atoms with Crippen molar-refractivity contribution in [3.05, 3.63) is 11.8 Å². The first-order valence-electron chi connectivity index (χ1n) is 6.99. The molecule has 1 aromatic rings. The van der Waals surface area contributed by atoms with Crippen molar-refractivity contribution >= 4 is 11.9 Å². The van der Waals surface area contributed by atoms with Gasteiger partial charge < -0.3 is 14.4 Å². The molecule has 1 heterocycles. The number of anilines is 1. The second kappa shape index (κ2) is 8.35. The molecule has 20 heavy (non-hydrogen) atoms. The van der Waals surface area contributed by atoms with Gasteiger partial charge in [0, 0.05) is 18.3 Å². The Labute approximate surface area is 120 Å². The van der Waals surface area contributed by atoms with Gasteiger partial charge in [-0.15, -0.1) is 0 Å². The number of carbonyl (C=O) groups excluding carboxylic acids is 1. The van der Waals surface area contributed by atoms with Crippen LogP contribution >= 0.6 is 0 Å². The number of esters is 1. The number of aryl methyl sites for hydroxylation is 1. The Balaban J connectivity index is 2.85. The Bertz CT molecular complexity index is 438. The van der Waals surface area contributed by atoms with Crippen molar-refractivity contribution < 1.29 is 14.3 Å². The molecule has 1 aromatic heterocycles. The van der Waals surface area contributed by atoms with Crippen molar-refractivity contribution in [3.8, 4) is 5.88 Å². The van der Waals surface area contributed by atoms with Gasteiger partial charge in [0.25, 0.3) is 0 Å². The number of likely N-dealkylation sites (N-methyl/N-ethyl adjacent to an activating group) is 1. The molecule has 1 rings (SSSR count). The molecule has 0 aliphatic rings. The number of ether oxygens (including phenoxy) is 2. The molecule has 0 atom stereocenters. The molecule has 0 spiro atoms. The zero-order valence-corrected chi connectivity index (χ0v) is 12.7. The summed E-state index contributed by atoms with van der Waals surface area (Å²) in [5, 5.41) is 0. The minimum atomic E-state index is -0.282. The van der Waals surface area contributed by atoms with Crippen LogP contribution in [0, 0.1) is 6.92 Å². The highest BCUT2D eigenvalue weighted by atomic mass is 16.5. The van der Waals surface area contributed by atoms with Crippen LogP contribution in [0.2, 0.25) is 0 Å². The highest BCUT2D eigenvalue weighted by Gasteiger charge is 2.15. The van der Waals surface area contributed by atoms with Gasteiger partial charge in [-0.25, -0.2) is 4.98 Å². The second-order valence-corrected chi connectivity index (χ2v) is 4.32. The summed E-state index contributed by atoms with van der Waals surface area (Å²) in [7, 11) is 0. The van der Waals surface area contributed by atoms with Gasteiger partial charge in [-0.1, -0.05) is 6.92 Å². The van der Waals surface area contributed by atoms with Crippen molar-refractivity contribution in [3.63, 3.8) is 0 Å². The molecule has 0 fully saturated rings. The average Bonchev–Trinajstić information content (AvgIpc) is 2.42. The third-order valence-corrected chi connectivity index (χ3v) is 2.56. The topological polar surface area (TPSA) is 64.5 Å². The summed E-state index contributed by atoms with van der Waals surface area (Å²) in [5.41, 5.74) is 0.809. The van der Waals surface area contributed by atoms with Crippen molar-refractivity contribution in [1.82, 2.24) is 9.97 Å². The van der Waals surface area contributed by atoms with Crippen molar-refractivity contribution in [2.75, 3.05) is 31.2 Å². The summed E-state index contributed by atoms with van der Waals surface area (Å²) in [4.78, 5) is 22.0. The van der Waals surface area contributed by atoms with Gasteiger partial charge in [0.2, 0.25) is 11.8 Å². The van der Waals surface area contributed by atoms with E-state index >= 15 is 0 Å². The first kappa shape index (κ1) is 16.2. The highest BCUT2D eigenvalue weighted by molar-refractivity contribution is 5.74. The normalized spacial score (nSPS) is 10.2. The Morgan fingerprint density at radius 3 is 2.65 bits per heavy atom. The molecule has 6 nitrogen and oxygen atoms in total. The predicted octanol–water partition coefficient (Wildman–Crippen LogP) is 1.96. The van der Waals surface area contributed by atoms with Crippen molar-refractivity contribution in [2.24, 2.45) is 0 Å². The van der Waals surface area contributed by atoms with E-state index in [0.29, 0.717) is 31.6 Å². The van der Waals surface area contributed by atoms with Gasteiger partial charge in [-0.3, -0.25) is 4.79 Å². The van der Waals surface area contributed by atoms with Crippen molar-refractivity contribution in [1.29, 1.82) is 0 Å². The molecule has 0 N–H and O–H groups in total. The Hall–Kier alpha value is -1.85. The first-order chi connectivity index (χ1) is 9.60. The van der Waals surface area contributed by atoms with Gasteiger partial charge in [0.05, 0.1) is 13.2 Å². The van der Waals surface area contributed by atoms with E-state index in [4.69, 9.17) is 9.47 Å². The zero-order chi connectivity index (χ0) is 15.0. The van der Waals surface area contributed by atoms with Crippen LogP contribution in [-0.2, 0) is 9.53 Å². The maximum atomic E-state index is 11.6. The summed E-state index contributed by atoms with van der Waals surface area (Å²) in [6.07, 6.45) is 0.915. The summed E-state index contributed by atoms with van der Waals surface area (Å²) in [6, 6.07) is 1.79. The summed E-state index contributed by atoms with van der Waals surface area (Å²) >= 11 is 0. The SMILES string of the molecule is CCCOc1cc(C)nc(N(CC)CC(=O)OCC)n1. The molecule has 112 valence electrons. The van der Waals surface area contributed by atoms with Gasteiger partial charge in [0.1, 0.15) is 6.54 Å². The van der Waals surface area contributed by atoms with Gasteiger partial charge in [-0.05, 0) is 27.2 Å². The third kappa shape index (κ3) is 5.03. The fraction of sp³-hybridized carbons (Fsp3) is 0.643. The minimum absolute atomic E-state index is 0.140. The lowest BCUT2D eigenvalue weighted by atomic mass is 10.4. The van der Waals surface area contributed by atoms with Crippen LogP contribution < -0.4 is 9.64 Å². The van der Waals surface area contributed by atoms with Gasteiger partial charge in [0.15, 0.2) is 0 Å². The molecule has 0 aromatic carbocycles. The van der Waals surface area contributed by atoms with Gasteiger partial charge >= 0.3 is 5.97 Å². The fourth-order valence-corrected chi connectivity index (χ4v) is 1.63. The lowest BCUT2D eigenvalue weighted by molar-refractivity contribution is -0.141. The number of carbonyl (C=O) groups is 1. The lowest BCUT2D eigenvalue weighted by Crippen LogP contribution is -2.32. The largest absolute Gasteiger partial charge is 0.478 e. The van der Waals surface area contributed by atoms with Crippen LogP contribution in [0.5, 0.6) is 5.88 Å². The second-order valence-electron chi connectivity index (χ2n) is 4.32. The molecule has 0 aliphatic carbocycles. The first-order valence-corrected chi connectivity index (χ1v) is 6.99. The monoisotopic (exact) mass is 281 g/mol. The summed E-state index contributed by atoms with van der Waals surface area (Å²) < 4.78 is 10.5. The zero-order valence-electron chi connectivity index (χ0n) is 12.7. The fourth-order valence-electron chi connectivity index (χ4n) is 1.63. The van der Waals surface area contributed by atoms with Crippen LogP contribution in [0.15, 0.2) is 6.07 Å². The quantitative estimate of drug-likeness (QED) is 0.679. The van der Waals surface area contributed by atoms with E-state index in [1.165, 1.54) is 0 Å². The van der Waals surface area contributed by atoms with E-state index in [-0.39, 0.29) is 12.5 Å². The van der Waals surface area contributed by atoms with E-state index in [1.54, 1.807) is 17.9 Å². The maximum absolute atomic E-state index is 11.6. The summed E-state index contributed by atoms with van der Waals surface area (Å²) in [6.45, 7) is 9.38. The Morgan fingerprint density at radius 2 is 2.05 bits per heavy atom. The molecule has 0 bridgehead atoms. The van der Waals surface area contributed by atoms with E-state index in [2.05, 4.69) is 9.97 Å². The van der Waals surface area contributed by atoms with Crippen LogP contribution in [0.25, 0.3) is 0 Å². The van der Waals surface area contributed by atoms with Crippen molar-refractivity contribution in [2.45, 2.75) is 34.1 Å². The minimum Gasteiger partial charge on any atom is -0.478 e. The molecular formula is C14H23N3O3. The Kier molecular flexibility index (Phi) is 6.76. The van der Waals surface area contributed by atoms with Crippen LogP contribution in [-0.4, -0.2) is 42.2 Å². The highest BCUT2D eigenvalue weighted by Crippen LogP contribution is 2.15. The lowest BCUT2D eigenvalue weighted by Gasteiger charge is -2.20. The molecular weight excluding hydrogens is 258 g/mol. The van der Waals surface area contributed by atoms with E-state index in [1.807, 2.05) is 20.8 Å². The number of hydrogen-bond donors (Lipinski definition) is 0. The van der Waals surface area contributed by atoms with Gasteiger partial charge in [-0.2, -0.15) is 4.98 Å². The van der Waals surface area contributed by atoms with Crippen LogP contribution in [0.3, 0.4) is 0 Å². The molecule has 0 amide bonds. The predicted molar refractivity (Wildman–Crippen MR) is 77.1 cm³/mol. The smallest absolute Gasteiger partial charge is 0.325 e. The maximum Gasteiger partial charge on any atom is 0.325 e. The molecule has 0 aliphatic heterocycles. The standard InChI is InChI=1S/C14H23N3O3/c1-5-8-20-12-9-11(4)15-14(16-12)17(6-2)10-13(18)19-7-3/h9H,5-8,10H2,1-4H3. The van der Waals surface area contributed by atoms with E-state index in [0.717, 1.165) is 12.1 Å². The van der Waals surface area contributed by atoms with Crippen LogP contribution in [0.4, 0.5) is 5.95 Å². The molecule has 0 saturated heterocycles. The third-order valence-electron chi connectivity index (χ3n) is 2.56. The number of nitrogens with zero attached hydrogens (tertiary/aromatic N) is 3. The van der Waals surface area contributed by atoms with Crippen LogP contribution in [0.1, 0.15) is 32.9 Å².